The van der Waals surface area contributed by atoms with Gasteiger partial charge in [-0.1, -0.05) is 20.8 Å². The lowest BCUT2D eigenvalue weighted by Gasteiger charge is -2.36. The first-order valence-corrected chi connectivity index (χ1v) is 7.98. The minimum absolute atomic E-state index is 0.0242. The molecule has 1 N–H and O–H groups in total. The number of ether oxygens (including phenoxy) is 1. The van der Waals surface area contributed by atoms with Crippen LogP contribution in [0.15, 0.2) is 0 Å². The highest BCUT2D eigenvalue weighted by Gasteiger charge is 2.31. The summed E-state index contributed by atoms with van der Waals surface area (Å²) in [4.78, 5) is 13.3. The van der Waals surface area contributed by atoms with Crippen molar-refractivity contribution in [1.29, 1.82) is 0 Å². The van der Waals surface area contributed by atoms with E-state index in [4.69, 9.17) is 4.74 Å². The highest BCUT2D eigenvalue weighted by atomic mass is 16.5. The molecule has 0 spiro atoms. The first kappa shape index (κ1) is 14.8. The third-order valence-electron chi connectivity index (χ3n) is 4.90. The number of rotatable bonds is 3. The molecule has 0 aromatic heterocycles. The predicted octanol–water partition coefficient (Wildman–Crippen LogP) is 1.81. The minimum atomic E-state index is 0.0242. The van der Waals surface area contributed by atoms with Crippen LogP contribution in [0.3, 0.4) is 0 Å². The molecule has 0 radical (unpaired) electrons. The lowest BCUT2D eigenvalue weighted by atomic mass is 9.72. The van der Waals surface area contributed by atoms with Gasteiger partial charge in [0.2, 0.25) is 0 Å². The van der Waals surface area contributed by atoms with Gasteiger partial charge >= 0.3 is 5.97 Å². The Kier molecular flexibility index (Phi) is 4.88. The Morgan fingerprint density at radius 2 is 1.68 bits per heavy atom. The predicted molar refractivity (Wildman–Crippen MR) is 76.1 cm³/mol. The number of carbonyl (C=O) groups is 1. The zero-order valence-electron chi connectivity index (χ0n) is 12.8. The molecule has 3 heteroatoms. The van der Waals surface area contributed by atoms with Crippen molar-refractivity contribution in [2.45, 2.75) is 65.4 Å². The van der Waals surface area contributed by atoms with E-state index in [0.29, 0.717) is 12.0 Å². The molecule has 0 amide bonds. The lowest BCUT2D eigenvalue weighted by Crippen LogP contribution is -3.11. The van der Waals surface area contributed by atoms with Crippen molar-refractivity contribution < 1.29 is 14.4 Å². The zero-order valence-corrected chi connectivity index (χ0v) is 12.8. The van der Waals surface area contributed by atoms with Gasteiger partial charge in [-0.3, -0.25) is 0 Å². The second-order valence-corrected chi connectivity index (χ2v) is 7.46. The smallest absolute Gasteiger partial charge is 0.361 e. The Bertz CT molecular complexity index is 294. The second-order valence-electron chi connectivity index (χ2n) is 7.46. The van der Waals surface area contributed by atoms with E-state index in [9.17, 15) is 4.79 Å². The topological polar surface area (TPSA) is 30.7 Å². The van der Waals surface area contributed by atoms with Gasteiger partial charge in [0.1, 0.15) is 6.10 Å². The molecule has 1 aliphatic carbocycles. The van der Waals surface area contributed by atoms with Gasteiger partial charge in [0, 0.05) is 12.8 Å². The molecule has 3 nitrogen and oxygen atoms in total. The van der Waals surface area contributed by atoms with Crippen molar-refractivity contribution in [2.24, 2.45) is 11.3 Å². The van der Waals surface area contributed by atoms with Crippen LogP contribution in [0, 0.1) is 11.3 Å². The van der Waals surface area contributed by atoms with Crippen molar-refractivity contribution in [1.82, 2.24) is 0 Å². The number of quaternary nitrogens is 1. The van der Waals surface area contributed by atoms with Gasteiger partial charge in [0.05, 0.1) is 13.1 Å². The van der Waals surface area contributed by atoms with Crippen LogP contribution in [0.4, 0.5) is 0 Å². The standard InChI is InChI=1S/C16H29NO2/c1-16(2,3)13-6-8-14(9-7-13)19-15(18)12-17-10-4-5-11-17/h13-14H,4-12H2,1-3H3/p+1. The maximum Gasteiger partial charge on any atom is 0.361 e. The Morgan fingerprint density at radius 3 is 2.21 bits per heavy atom. The summed E-state index contributed by atoms with van der Waals surface area (Å²) in [5.74, 6) is 0.808. The quantitative estimate of drug-likeness (QED) is 0.792. The van der Waals surface area contributed by atoms with Gasteiger partial charge in [-0.25, -0.2) is 4.79 Å². The number of carbonyl (C=O) groups excluding carboxylic acids is 1. The van der Waals surface area contributed by atoms with Gasteiger partial charge < -0.3 is 9.64 Å². The van der Waals surface area contributed by atoms with Gasteiger partial charge in [-0.05, 0) is 37.0 Å². The van der Waals surface area contributed by atoms with Gasteiger partial charge in [-0.15, -0.1) is 0 Å². The van der Waals surface area contributed by atoms with Crippen molar-refractivity contribution in [3.8, 4) is 0 Å². The van der Waals surface area contributed by atoms with E-state index in [1.54, 1.807) is 0 Å². The van der Waals surface area contributed by atoms with Crippen molar-refractivity contribution in [3.63, 3.8) is 0 Å². The molecule has 0 aromatic rings. The van der Waals surface area contributed by atoms with Crippen LogP contribution in [-0.4, -0.2) is 31.7 Å². The first-order valence-electron chi connectivity index (χ1n) is 7.98. The number of hydrogen-bond acceptors (Lipinski definition) is 2. The van der Waals surface area contributed by atoms with E-state index in [-0.39, 0.29) is 12.1 Å². The summed E-state index contributed by atoms with van der Waals surface area (Å²) >= 11 is 0. The summed E-state index contributed by atoms with van der Waals surface area (Å²) in [7, 11) is 0. The van der Waals surface area contributed by atoms with Crippen LogP contribution in [0.1, 0.15) is 59.3 Å². The number of likely N-dealkylation sites (tertiary alicyclic amines) is 1. The summed E-state index contributed by atoms with van der Waals surface area (Å²) in [6.07, 6.45) is 7.24. The number of hydrogen-bond donors (Lipinski definition) is 1. The molecule has 0 aromatic carbocycles. The van der Waals surface area contributed by atoms with E-state index in [2.05, 4.69) is 20.8 Å². The van der Waals surface area contributed by atoms with Crippen molar-refractivity contribution >= 4 is 5.97 Å². The number of nitrogens with one attached hydrogen (secondary N) is 1. The Labute approximate surface area is 117 Å². The van der Waals surface area contributed by atoms with Gasteiger partial charge in [0.25, 0.3) is 0 Å². The molecule has 110 valence electrons. The maximum absolute atomic E-state index is 11.9. The highest BCUT2D eigenvalue weighted by Crippen LogP contribution is 2.38. The zero-order chi connectivity index (χ0) is 13.9. The molecule has 2 aliphatic rings. The molecule has 2 fully saturated rings. The average molecular weight is 268 g/mol. The fraction of sp³-hybridized carbons (Fsp3) is 0.938. The molecule has 19 heavy (non-hydrogen) atoms. The Balaban J connectivity index is 1.68. The molecule has 0 atom stereocenters. The highest BCUT2D eigenvalue weighted by molar-refractivity contribution is 5.70. The normalized spacial score (nSPS) is 29.4. The summed E-state index contributed by atoms with van der Waals surface area (Å²) in [6, 6.07) is 0. The fourth-order valence-corrected chi connectivity index (χ4v) is 3.53. The van der Waals surface area contributed by atoms with E-state index < -0.39 is 0 Å². The summed E-state index contributed by atoms with van der Waals surface area (Å²) in [5, 5.41) is 0. The fourth-order valence-electron chi connectivity index (χ4n) is 3.53. The number of esters is 1. The van der Waals surface area contributed by atoms with Crippen molar-refractivity contribution in [3.05, 3.63) is 0 Å². The van der Waals surface area contributed by atoms with Crippen molar-refractivity contribution in [2.75, 3.05) is 19.6 Å². The summed E-state index contributed by atoms with van der Waals surface area (Å²) in [5.41, 5.74) is 0.397. The van der Waals surface area contributed by atoms with Crippen LogP contribution in [-0.2, 0) is 9.53 Å². The van der Waals surface area contributed by atoms with Crippen LogP contribution in [0.5, 0.6) is 0 Å². The maximum atomic E-state index is 11.9. The average Bonchev–Trinajstić information content (AvgIpc) is 2.81. The van der Waals surface area contributed by atoms with E-state index in [1.165, 1.54) is 30.6 Å². The molecular formula is C16H30NO2+. The molecular weight excluding hydrogens is 238 g/mol. The van der Waals surface area contributed by atoms with E-state index in [0.717, 1.165) is 31.8 Å². The molecule has 1 heterocycles. The Morgan fingerprint density at radius 1 is 1.11 bits per heavy atom. The first-order chi connectivity index (χ1) is 8.95. The molecule has 1 aliphatic heterocycles. The van der Waals surface area contributed by atoms with Crippen LogP contribution >= 0.6 is 0 Å². The molecule has 0 bridgehead atoms. The third-order valence-corrected chi connectivity index (χ3v) is 4.90. The van der Waals surface area contributed by atoms with Crippen LogP contribution in [0.25, 0.3) is 0 Å². The van der Waals surface area contributed by atoms with Gasteiger partial charge in [-0.2, -0.15) is 0 Å². The minimum Gasteiger partial charge on any atom is -0.458 e. The SMILES string of the molecule is CC(C)(C)C1CCC(OC(=O)C[NH+]2CCCC2)CC1. The summed E-state index contributed by atoms with van der Waals surface area (Å²) < 4.78 is 5.65. The second kappa shape index (κ2) is 6.25. The third kappa shape index (κ3) is 4.48. The molecule has 0 unspecified atom stereocenters. The molecule has 2 rings (SSSR count). The molecule has 1 saturated carbocycles. The summed E-state index contributed by atoms with van der Waals surface area (Å²) in [6.45, 7) is 9.83. The van der Waals surface area contributed by atoms with Gasteiger partial charge in [0.15, 0.2) is 6.54 Å². The largest absolute Gasteiger partial charge is 0.458 e. The Hall–Kier alpha value is -0.570. The van der Waals surface area contributed by atoms with E-state index >= 15 is 0 Å². The van der Waals surface area contributed by atoms with Crippen LogP contribution < -0.4 is 4.90 Å². The monoisotopic (exact) mass is 268 g/mol. The van der Waals surface area contributed by atoms with Crippen LogP contribution in [0.2, 0.25) is 0 Å². The van der Waals surface area contributed by atoms with E-state index in [1.807, 2.05) is 0 Å². The molecule has 1 saturated heterocycles. The lowest BCUT2D eigenvalue weighted by molar-refractivity contribution is -0.879.